The molecule has 2 amide bonds. The Morgan fingerprint density at radius 1 is 1.22 bits per heavy atom. The van der Waals surface area contributed by atoms with E-state index < -0.39 is 0 Å². The highest BCUT2D eigenvalue weighted by molar-refractivity contribution is 6.31. The lowest BCUT2D eigenvalue weighted by molar-refractivity contribution is 0.164. The number of amides is 2. The quantitative estimate of drug-likeness (QED) is 0.848. The lowest BCUT2D eigenvalue weighted by atomic mass is 10.2. The second-order valence-electron chi connectivity index (χ2n) is 4.74. The number of piperazine rings is 1. The smallest absolute Gasteiger partial charge is 0.321 e. The minimum Gasteiger partial charge on any atom is -0.322 e. The summed E-state index contributed by atoms with van der Waals surface area (Å²) in [7, 11) is 2.07. The second kappa shape index (κ2) is 5.59. The molecule has 0 aromatic heterocycles. The molecule has 1 aromatic rings. The van der Waals surface area contributed by atoms with Crippen LogP contribution in [-0.2, 0) is 0 Å². The fraction of sp³-hybridized carbons (Fsp3) is 0.462. The molecule has 5 heteroatoms. The van der Waals surface area contributed by atoms with Gasteiger partial charge in [0.25, 0.3) is 0 Å². The van der Waals surface area contributed by atoms with Crippen molar-refractivity contribution in [1.29, 1.82) is 0 Å². The van der Waals surface area contributed by atoms with Crippen molar-refractivity contribution in [3.05, 3.63) is 28.8 Å². The van der Waals surface area contributed by atoms with Crippen LogP contribution >= 0.6 is 11.6 Å². The molecule has 1 aliphatic heterocycles. The first-order chi connectivity index (χ1) is 8.54. The van der Waals surface area contributed by atoms with Gasteiger partial charge in [0.2, 0.25) is 0 Å². The van der Waals surface area contributed by atoms with Crippen LogP contribution < -0.4 is 5.32 Å². The number of halogens is 1. The number of aryl methyl sites for hydroxylation is 1. The molecule has 0 saturated carbocycles. The monoisotopic (exact) mass is 267 g/mol. The van der Waals surface area contributed by atoms with Gasteiger partial charge in [0.15, 0.2) is 0 Å². The van der Waals surface area contributed by atoms with Gasteiger partial charge in [-0.15, -0.1) is 0 Å². The fourth-order valence-corrected chi connectivity index (χ4v) is 2.31. The van der Waals surface area contributed by atoms with Crippen molar-refractivity contribution in [2.45, 2.75) is 6.92 Å². The van der Waals surface area contributed by atoms with E-state index in [4.69, 9.17) is 11.6 Å². The van der Waals surface area contributed by atoms with Crippen LogP contribution in [0.4, 0.5) is 10.5 Å². The van der Waals surface area contributed by atoms with Gasteiger partial charge in [-0.1, -0.05) is 11.6 Å². The molecule has 1 saturated heterocycles. The lowest BCUT2D eigenvalue weighted by Crippen LogP contribution is -2.48. The Hall–Kier alpha value is -1.26. The Balaban J connectivity index is 1.98. The number of rotatable bonds is 1. The average molecular weight is 268 g/mol. The highest BCUT2D eigenvalue weighted by Crippen LogP contribution is 2.19. The first kappa shape index (κ1) is 13.2. The molecular formula is C13H18ClN3O. The molecule has 1 aromatic carbocycles. The zero-order valence-electron chi connectivity index (χ0n) is 10.7. The minimum absolute atomic E-state index is 0.0511. The Morgan fingerprint density at radius 2 is 1.89 bits per heavy atom. The van der Waals surface area contributed by atoms with Crippen molar-refractivity contribution in [3.8, 4) is 0 Å². The number of hydrogen-bond donors (Lipinski definition) is 1. The van der Waals surface area contributed by atoms with Gasteiger partial charge < -0.3 is 15.1 Å². The van der Waals surface area contributed by atoms with Crippen LogP contribution in [0.3, 0.4) is 0 Å². The fourth-order valence-electron chi connectivity index (χ4n) is 2.02. The van der Waals surface area contributed by atoms with Gasteiger partial charge in [-0.2, -0.15) is 0 Å². The third-order valence-electron chi connectivity index (χ3n) is 3.08. The maximum Gasteiger partial charge on any atom is 0.321 e. The van der Waals surface area contributed by atoms with E-state index in [1.165, 1.54) is 0 Å². The molecule has 18 heavy (non-hydrogen) atoms. The van der Waals surface area contributed by atoms with Crippen LogP contribution in [0.15, 0.2) is 18.2 Å². The number of benzene rings is 1. The minimum atomic E-state index is -0.0511. The maximum atomic E-state index is 12.0. The molecule has 0 radical (unpaired) electrons. The van der Waals surface area contributed by atoms with E-state index in [2.05, 4.69) is 17.3 Å². The molecule has 4 nitrogen and oxygen atoms in total. The summed E-state index contributed by atoms with van der Waals surface area (Å²) in [5, 5.41) is 3.53. The average Bonchev–Trinajstić information content (AvgIpc) is 2.28. The number of nitrogens with zero attached hydrogens (tertiary/aromatic N) is 2. The van der Waals surface area contributed by atoms with Crippen molar-refractivity contribution in [2.24, 2.45) is 0 Å². The normalized spacial score (nSPS) is 16.7. The number of carbonyl (C=O) groups is 1. The number of hydrogen-bond acceptors (Lipinski definition) is 2. The SMILES string of the molecule is Cc1cc(Cl)cc(NC(=O)N2CCN(C)CC2)c1. The highest BCUT2D eigenvalue weighted by Gasteiger charge is 2.18. The first-order valence-electron chi connectivity index (χ1n) is 6.06. The van der Waals surface area contributed by atoms with E-state index in [9.17, 15) is 4.79 Å². The van der Waals surface area contributed by atoms with Gasteiger partial charge in [-0.3, -0.25) is 0 Å². The van der Waals surface area contributed by atoms with Crippen LogP contribution in [0.5, 0.6) is 0 Å². The van der Waals surface area contributed by atoms with Gasteiger partial charge in [0.1, 0.15) is 0 Å². The molecule has 98 valence electrons. The van der Waals surface area contributed by atoms with Crippen molar-refractivity contribution < 1.29 is 4.79 Å². The predicted octanol–water partition coefficient (Wildman–Crippen LogP) is 2.43. The van der Waals surface area contributed by atoms with E-state index in [0.29, 0.717) is 5.02 Å². The molecule has 0 spiro atoms. The van der Waals surface area contributed by atoms with E-state index in [1.54, 1.807) is 6.07 Å². The molecule has 1 N–H and O–H groups in total. The molecule has 0 aliphatic carbocycles. The first-order valence-corrected chi connectivity index (χ1v) is 6.44. The Bertz CT molecular complexity index is 422. The summed E-state index contributed by atoms with van der Waals surface area (Å²) in [6, 6.07) is 5.50. The molecule has 1 fully saturated rings. The maximum absolute atomic E-state index is 12.0. The Morgan fingerprint density at radius 3 is 2.50 bits per heavy atom. The molecule has 0 unspecified atom stereocenters. The number of urea groups is 1. The van der Waals surface area contributed by atoms with Crippen LogP contribution in [0.25, 0.3) is 0 Å². The van der Waals surface area contributed by atoms with Gasteiger partial charge in [0.05, 0.1) is 0 Å². The zero-order chi connectivity index (χ0) is 13.1. The van der Waals surface area contributed by atoms with E-state index in [0.717, 1.165) is 37.4 Å². The molecule has 1 aliphatic rings. The zero-order valence-corrected chi connectivity index (χ0v) is 11.5. The van der Waals surface area contributed by atoms with Crippen molar-refractivity contribution in [1.82, 2.24) is 9.80 Å². The number of anilines is 1. The summed E-state index contributed by atoms with van der Waals surface area (Å²) in [6.07, 6.45) is 0. The van der Waals surface area contributed by atoms with Crippen LogP contribution in [0, 0.1) is 6.92 Å². The van der Waals surface area contributed by atoms with Crippen LogP contribution in [0.1, 0.15) is 5.56 Å². The summed E-state index contributed by atoms with van der Waals surface area (Å²) in [6.45, 7) is 5.32. The van der Waals surface area contributed by atoms with Gasteiger partial charge >= 0.3 is 6.03 Å². The summed E-state index contributed by atoms with van der Waals surface area (Å²) in [4.78, 5) is 16.1. The second-order valence-corrected chi connectivity index (χ2v) is 5.17. The largest absolute Gasteiger partial charge is 0.322 e. The van der Waals surface area contributed by atoms with Crippen molar-refractivity contribution >= 4 is 23.3 Å². The third-order valence-corrected chi connectivity index (χ3v) is 3.30. The predicted molar refractivity (Wildman–Crippen MR) is 74.3 cm³/mol. The van der Waals surface area contributed by atoms with E-state index >= 15 is 0 Å². The van der Waals surface area contributed by atoms with Crippen molar-refractivity contribution in [3.63, 3.8) is 0 Å². The molecular weight excluding hydrogens is 250 g/mol. The number of nitrogens with one attached hydrogen (secondary N) is 1. The lowest BCUT2D eigenvalue weighted by Gasteiger charge is -2.32. The summed E-state index contributed by atoms with van der Waals surface area (Å²) >= 11 is 5.97. The van der Waals surface area contributed by atoms with Crippen molar-refractivity contribution in [2.75, 3.05) is 38.5 Å². The summed E-state index contributed by atoms with van der Waals surface area (Å²) in [5.41, 5.74) is 1.79. The summed E-state index contributed by atoms with van der Waals surface area (Å²) in [5.74, 6) is 0. The summed E-state index contributed by atoms with van der Waals surface area (Å²) < 4.78 is 0. The molecule has 0 atom stereocenters. The Labute approximate surface area is 113 Å². The van der Waals surface area contributed by atoms with Crippen LogP contribution in [-0.4, -0.2) is 49.1 Å². The number of likely N-dealkylation sites (N-methyl/N-ethyl adjacent to an activating group) is 1. The van der Waals surface area contributed by atoms with E-state index in [-0.39, 0.29) is 6.03 Å². The molecule has 0 bridgehead atoms. The van der Waals surface area contributed by atoms with Crippen LogP contribution in [0.2, 0.25) is 5.02 Å². The van der Waals surface area contributed by atoms with Gasteiger partial charge in [-0.05, 0) is 37.7 Å². The standard InChI is InChI=1S/C13H18ClN3O/c1-10-7-11(14)9-12(8-10)15-13(18)17-5-3-16(2)4-6-17/h7-9H,3-6H2,1-2H3,(H,15,18). The topological polar surface area (TPSA) is 35.6 Å². The molecule has 2 rings (SSSR count). The van der Waals surface area contributed by atoms with E-state index in [1.807, 2.05) is 24.0 Å². The third kappa shape index (κ3) is 3.37. The van der Waals surface area contributed by atoms with Gasteiger partial charge in [0, 0.05) is 36.9 Å². The number of carbonyl (C=O) groups excluding carboxylic acids is 1. The highest BCUT2D eigenvalue weighted by atomic mass is 35.5. The molecule has 1 heterocycles. The Kier molecular flexibility index (Phi) is 4.09. The van der Waals surface area contributed by atoms with Gasteiger partial charge in [-0.25, -0.2) is 4.79 Å².